The quantitative estimate of drug-likeness (QED) is 0.456. The Labute approximate surface area is 73.5 Å². The Kier molecular flexibility index (Phi) is 7.95. The Balaban J connectivity index is 2.77. The van der Waals surface area contributed by atoms with Crippen molar-refractivity contribution in [3.05, 3.63) is 6.92 Å². The van der Waals surface area contributed by atoms with Gasteiger partial charge in [-0.15, -0.1) is 0 Å². The van der Waals surface area contributed by atoms with E-state index in [-0.39, 0.29) is 0 Å². The molecule has 0 N–H and O–H groups in total. The minimum Gasteiger partial charge on any atom is -0.0894 e. The van der Waals surface area contributed by atoms with Gasteiger partial charge in [0.1, 0.15) is 0 Å². The highest BCUT2D eigenvalue weighted by atomic mass is 79.9. The second-order valence-electron chi connectivity index (χ2n) is 2.84. The summed E-state index contributed by atoms with van der Waals surface area (Å²) in [6, 6.07) is 0. The van der Waals surface area contributed by atoms with Gasteiger partial charge in [0, 0.05) is 4.83 Å². The predicted octanol–water partition coefficient (Wildman–Crippen LogP) is 3.94. The summed E-state index contributed by atoms with van der Waals surface area (Å²) in [5.74, 6) is 0. The van der Waals surface area contributed by atoms with Crippen LogP contribution in [0.25, 0.3) is 0 Å². The average molecular weight is 206 g/mol. The van der Waals surface area contributed by atoms with Gasteiger partial charge in [0.05, 0.1) is 0 Å². The van der Waals surface area contributed by atoms with E-state index < -0.39 is 0 Å². The van der Waals surface area contributed by atoms with Crippen LogP contribution in [0.1, 0.15) is 45.4 Å². The molecule has 1 radical (unpaired) electrons. The Hall–Kier alpha value is 0.480. The molecule has 1 unspecified atom stereocenters. The number of hydrogen-bond acceptors (Lipinski definition) is 0. The second kappa shape index (κ2) is 7.59. The molecule has 0 aliphatic heterocycles. The van der Waals surface area contributed by atoms with Crippen molar-refractivity contribution in [2.45, 2.75) is 50.3 Å². The Morgan fingerprint density at radius 2 is 1.80 bits per heavy atom. The zero-order valence-electron chi connectivity index (χ0n) is 6.91. The first-order chi connectivity index (χ1) is 4.77. The zero-order valence-corrected chi connectivity index (χ0v) is 8.49. The van der Waals surface area contributed by atoms with E-state index in [1.165, 1.54) is 32.1 Å². The summed E-state index contributed by atoms with van der Waals surface area (Å²) in [5.41, 5.74) is 0. The van der Waals surface area contributed by atoms with Gasteiger partial charge in [0.15, 0.2) is 0 Å². The molecule has 0 amide bonds. The average Bonchev–Trinajstić information content (AvgIpc) is 1.87. The van der Waals surface area contributed by atoms with Crippen LogP contribution in [0.2, 0.25) is 0 Å². The van der Waals surface area contributed by atoms with Crippen LogP contribution in [-0.2, 0) is 0 Å². The van der Waals surface area contributed by atoms with Crippen LogP contribution in [0.15, 0.2) is 0 Å². The lowest BCUT2D eigenvalue weighted by atomic mass is 10.1. The van der Waals surface area contributed by atoms with Gasteiger partial charge in [-0.1, -0.05) is 61.9 Å². The molecule has 0 aliphatic carbocycles. The summed E-state index contributed by atoms with van der Waals surface area (Å²) in [6.45, 7) is 6.02. The summed E-state index contributed by atoms with van der Waals surface area (Å²) in [7, 11) is 0. The molecule has 1 atom stereocenters. The maximum atomic E-state index is 3.81. The molecule has 61 valence electrons. The fourth-order valence-corrected chi connectivity index (χ4v) is 1.28. The lowest BCUT2D eigenvalue weighted by Gasteiger charge is -2.01. The molecular formula is C9H18Br. The number of halogens is 1. The van der Waals surface area contributed by atoms with Crippen molar-refractivity contribution in [1.82, 2.24) is 0 Å². The van der Waals surface area contributed by atoms with E-state index in [0.29, 0.717) is 4.83 Å². The van der Waals surface area contributed by atoms with Crippen LogP contribution in [0.5, 0.6) is 0 Å². The van der Waals surface area contributed by atoms with Crippen LogP contribution in [0.3, 0.4) is 0 Å². The third kappa shape index (κ3) is 8.48. The maximum absolute atomic E-state index is 3.81. The number of unbranched alkanes of at least 4 members (excludes halogenated alkanes) is 4. The lowest BCUT2D eigenvalue weighted by Crippen LogP contribution is -1.88. The second-order valence-corrected chi connectivity index (χ2v) is 4.40. The highest BCUT2D eigenvalue weighted by molar-refractivity contribution is 9.09. The zero-order chi connectivity index (χ0) is 7.82. The molecule has 0 aromatic rings. The molecule has 0 aromatic carbocycles. The van der Waals surface area contributed by atoms with Crippen molar-refractivity contribution in [2.75, 3.05) is 0 Å². The van der Waals surface area contributed by atoms with Gasteiger partial charge < -0.3 is 0 Å². The topological polar surface area (TPSA) is 0 Å². The summed E-state index contributed by atoms with van der Waals surface area (Å²) >= 11 is 3.53. The predicted molar refractivity (Wildman–Crippen MR) is 51.4 cm³/mol. The largest absolute Gasteiger partial charge is 0.0894 e. The molecule has 0 spiro atoms. The van der Waals surface area contributed by atoms with Gasteiger partial charge in [0.2, 0.25) is 0 Å². The van der Waals surface area contributed by atoms with Gasteiger partial charge in [-0.2, -0.15) is 0 Å². The van der Waals surface area contributed by atoms with Crippen LogP contribution in [0, 0.1) is 6.92 Å². The lowest BCUT2D eigenvalue weighted by molar-refractivity contribution is 0.618. The first-order valence-corrected chi connectivity index (χ1v) is 5.12. The summed E-state index contributed by atoms with van der Waals surface area (Å²) in [4.78, 5) is 0.701. The standard InChI is InChI=1S/C9H18Br/c1-3-4-5-6-7-8-9(2)10/h9H,1,3-8H2,2H3. The van der Waals surface area contributed by atoms with E-state index in [0.717, 1.165) is 6.42 Å². The third-order valence-electron chi connectivity index (χ3n) is 1.60. The fraction of sp³-hybridized carbons (Fsp3) is 0.889. The van der Waals surface area contributed by atoms with E-state index in [4.69, 9.17) is 0 Å². The van der Waals surface area contributed by atoms with E-state index in [9.17, 15) is 0 Å². The summed E-state index contributed by atoms with van der Waals surface area (Å²) < 4.78 is 0. The number of alkyl halides is 1. The molecule has 0 aromatic heterocycles. The normalized spacial score (nSPS) is 13.5. The minimum atomic E-state index is 0.701. The molecule has 0 nitrogen and oxygen atoms in total. The smallest absolute Gasteiger partial charge is 0.0117 e. The fourth-order valence-electron chi connectivity index (χ4n) is 0.956. The Bertz CT molecular complexity index is 59.7. The van der Waals surface area contributed by atoms with Gasteiger partial charge in [-0.3, -0.25) is 0 Å². The molecule has 0 saturated heterocycles. The number of hydrogen-bond donors (Lipinski definition) is 0. The highest BCUT2D eigenvalue weighted by Gasteiger charge is 1.94. The Morgan fingerprint density at radius 1 is 1.20 bits per heavy atom. The monoisotopic (exact) mass is 205 g/mol. The third-order valence-corrected chi connectivity index (χ3v) is 2.06. The van der Waals surface area contributed by atoms with E-state index in [1.54, 1.807) is 0 Å². The van der Waals surface area contributed by atoms with Gasteiger partial charge in [-0.25, -0.2) is 0 Å². The van der Waals surface area contributed by atoms with Crippen molar-refractivity contribution in [2.24, 2.45) is 0 Å². The summed E-state index contributed by atoms with van der Waals surface area (Å²) in [5, 5.41) is 0. The molecule has 0 rings (SSSR count). The molecule has 0 aliphatic rings. The van der Waals surface area contributed by atoms with E-state index in [1.807, 2.05) is 0 Å². The van der Waals surface area contributed by atoms with Crippen molar-refractivity contribution in [3.8, 4) is 0 Å². The Morgan fingerprint density at radius 3 is 2.30 bits per heavy atom. The van der Waals surface area contributed by atoms with Crippen LogP contribution >= 0.6 is 15.9 Å². The molecule has 0 bridgehead atoms. The van der Waals surface area contributed by atoms with E-state index >= 15 is 0 Å². The maximum Gasteiger partial charge on any atom is 0.0117 e. The summed E-state index contributed by atoms with van der Waals surface area (Å²) in [6.07, 6.45) is 7.83. The van der Waals surface area contributed by atoms with Crippen LogP contribution in [0.4, 0.5) is 0 Å². The SMILES string of the molecule is [CH2]CCCCCCC(C)Br. The van der Waals surface area contributed by atoms with Gasteiger partial charge in [-0.05, 0) is 6.42 Å². The van der Waals surface area contributed by atoms with Crippen molar-refractivity contribution >= 4 is 15.9 Å². The molecule has 1 heteroatoms. The highest BCUT2D eigenvalue weighted by Crippen LogP contribution is 2.11. The van der Waals surface area contributed by atoms with Crippen molar-refractivity contribution in [3.63, 3.8) is 0 Å². The van der Waals surface area contributed by atoms with Gasteiger partial charge >= 0.3 is 0 Å². The van der Waals surface area contributed by atoms with Gasteiger partial charge in [0.25, 0.3) is 0 Å². The first kappa shape index (κ1) is 10.5. The molecule has 0 saturated carbocycles. The van der Waals surface area contributed by atoms with E-state index in [2.05, 4.69) is 29.8 Å². The van der Waals surface area contributed by atoms with Crippen molar-refractivity contribution < 1.29 is 0 Å². The molecule has 0 fully saturated rings. The molecule has 0 heterocycles. The number of rotatable bonds is 6. The van der Waals surface area contributed by atoms with Crippen LogP contribution < -0.4 is 0 Å². The first-order valence-electron chi connectivity index (χ1n) is 4.20. The minimum absolute atomic E-state index is 0.701. The van der Waals surface area contributed by atoms with Crippen LogP contribution in [-0.4, -0.2) is 4.83 Å². The molecular weight excluding hydrogens is 188 g/mol. The van der Waals surface area contributed by atoms with Crippen molar-refractivity contribution in [1.29, 1.82) is 0 Å². The molecule has 10 heavy (non-hydrogen) atoms.